The van der Waals surface area contributed by atoms with Gasteiger partial charge in [-0.05, 0) is 39.0 Å². The minimum atomic E-state index is -0.618. The maximum absolute atomic E-state index is 13.0. The van der Waals surface area contributed by atoms with E-state index < -0.39 is 11.9 Å². The molecule has 0 aromatic heterocycles. The molecule has 0 spiro atoms. The van der Waals surface area contributed by atoms with Gasteiger partial charge in [0, 0.05) is 18.2 Å². The highest BCUT2D eigenvalue weighted by Crippen LogP contribution is 2.18. The zero-order valence-corrected chi connectivity index (χ0v) is 11.4. The number of carbonyl (C=O) groups excluding carboxylic acids is 1. The third kappa shape index (κ3) is 3.68. The highest BCUT2D eigenvalue weighted by atomic mass is 35.5. The van der Waals surface area contributed by atoms with Crippen LogP contribution < -0.4 is 0 Å². The summed E-state index contributed by atoms with van der Waals surface area (Å²) in [5, 5.41) is 9.30. The molecule has 0 bridgehead atoms. The van der Waals surface area contributed by atoms with Crippen LogP contribution in [0.15, 0.2) is 18.2 Å². The van der Waals surface area contributed by atoms with E-state index in [-0.39, 0.29) is 23.5 Å². The van der Waals surface area contributed by atoms with Gasteiger partial charge in [0.2, 0.25) is 0 Å². The van der Waals surface area contributed by atoms with E-state index in [2.05, 4.69) is 0 Å². The van der Waals surface area contributed by atoms with Crippen molar-refractivity contribution in [1.29, 1.82) is 0 Å². The molecule has 0 heterocycles. The van der Waals surface area contributed by atoms with Gasteiger partial charge in [-0.15, -0.1) is 0 Å². The van der Waals surface area contributed by atoms with Crippen LogP contribution in [-0.2, 0) is 0 Å². The van der Waals surface area contributed by atoms with Gasteiger partial charge < -0.3 is 10.0 Å². The number of aliphatic hydroxyl groups excluding tert-OH is 1. The summed E-state index contributed by atoms with van der Waals surface area (Å²) in [7, 11) is 0. The molecule has 5 heteroatoms. The van der Waals surface area contributed by atoms with Gasteiger partial charge in [-0.1, -0.05) is 11.6 Å². The van der Waals surface area contributed by atoms with E-state index in [1.165, 1.54) is 17.0 Å². The lowest BCUT2D eigenvalue weighted by molar-refractivity contribution is 0.0579. The number of amides is 1. The molecule has 0 aliphatic carbocycles. The molecule has 1 rings (SSSR count). The summed E-state index contributed by atoms with van der Waals surface area (Å²) in [6.45, 7) is 5.54. The Morgan fingerprint density at radius 2 is 2.06 bits per heavy atom. The van der Waals surface area contributed by atoms with Crippen LogP contribution in [0, 0.1) is 5.82 Å². The Hall–Kier alpha value is -1.13. The lowest BCUT2D eigenvalue weighted by Crippen LogP contribution is -2.41. The molecule has 100 valence electrons. The van der Waals surface area contributed by atoms with E-state index in [4.69, 9.17) is 11.6 Å². The predicted molar refractivity (Wildman–Crippen MR) is 69.3 cm³/mol. The van der Waals surface area contributed by atoms with Crippen LogP contribution in [0.25, 0.3) is 0 Å². The average Bonchev–Trinajstić information content (AvgIpc) is 2.28. The fourth-order valence-corrected chi connectivity index (χ4v) is 1.79. The van der Waals surface area contributed by atoms with Crippen LogP contribution in [0.1, 0.15) is 31.1 Å². The van der Waals surface area contributed by atoms with Gasteiger partial charge in [0.25, 0.3) is 5.91 Å². The second-order valence-corrected chi connectivity index (χ2v) is 4.94. The molecule has 0 saturated carbocycles. The van der Waals surface area contributed by atoms with Crippen molar-refractivity contribution in [1.82, 2.24) is 4.90 Å². The van der Waals surface area contributed by atoms with E-state index in [1.807, 2.05) is 13.8 Å². The minimum absolute atomic E-state index is 0.0593. The smallest absolute Gasteiger partial charge is 0.254 e. The van der Waals surface area contributed by atoms with Crippen LogP contribution in [0.2, 0.25) is 5.02 Å². The third-order valence-corrected chi connectivity index (χ3v) is 2.80. The van der Waals surface area contributed by atoms with Gasteiger partial charge in [-0.25, -0.2) is 4.39 Å². The summed E-state index contributed by atoms with van der Waals surface area (Å²) in [4.78, 5) is 13.7. The fraction of sp³-hybridized carbons (Fsp3) is 0.462. The first-order valence-corrected chi connectivity index (χ1v) is 6.14. The highest BCUT2D eigenvalue weighted by molar-refractivity contribution is 6.31. The fourth-order valence-electron chi connectivity index (χ4n) is 1.61. The number of aliphatic hydroxyl groups is 1. The second kappa shape index (κ2) is 6.16. The number of carbonyl (C=O) groups is 1. The molecule has 18 heavy (non-hydrogen) atoms. The molecule has 1 atom stereocenters. The molecular formula is C13H17ClFNO2. The molecular weight excluding hydrogens is 257 g/mol. The van der Waals surface area contributed by atoms with Crippen molar-refractivity contribution >= 4 is 17.5 Å². The Morgan fingerprint density at radius 3 is 2.50 bits per heavy atom. The Morgan fingerprint density at radius 1 is 1.44 bits per heavy atom. The molecule has 3 nitrogen and oxygen atoms in total. The Balaban J connectivity index is 2.98. The zero-order valence-electron chi connectivity index (χ0n) is 10.7. The van der Waals surface area contributed by atoms with Crippen molar-refractivity contribution < 1.29 is 14.3 Å². The summed E-state index contributed by atoms with van der Waals surface area (Å²) < 4.78 is 13.0. The summed E-state index contributed by atoms with van der Waals surface area (Å²) in [5.41, 5.74) is 0.316. The Labute approximate surface area is 111 Å². The van der Waals surface area contributed by atoms with Crippen LogP contribution in [0.5, 0.6) is 0 Å². The first-order valence-electron chi connectivity index (χ1n) is 5.77. The Kier molecular flexibility index (Phi) is 5.11. The van der Waals surface area contributed by atoms with Crippen LogP contribution in [-0.4, -0.2) is 34.6 Å². The average molecular weight is 274 g/mol. The number of benzene rings is 1. The monoisotopic (exact) mass is 273 g/mol. The quantitative estimate of drug-likeness (QED) is 0.916. The van der Waals surface area contributed by atoms with Gasteiger partial charge in [-0.2, -0.15) is 0 Å². The normalized spacial score (nSPS) is 12.6. The van der Waals surface area contributed by atoms with Gasteiger partial charge >= 0.3 is 0 Å². The van der Waals surface area contributed by atoms with E-state index in [1.54, 1.807) is 6.92 Å². The standard InChI is InChI=1S/C13H17ClFNO2/c1-8(2)16(7-9(3)17)13(18)10-4-5-12(15)11(14)6-10/h4-6,8-9,17H,7H2,1-3H3. The minimum Gasteiger partial charge on any atom is -0.392 e. The zero-order chi connectivity index (χ0) is 13.9. The molecule has 1 N–H and O–H groups in total. The molecule has 1 aromatic rings. The first-order chi connectivity index (χ1) is 8.32. The summed E-state index contributed by atoms with van der Waals surface area (Å²) in [5.74, 6) is -0.826. The summed E-state index contributed by atoms with van der Waals surface area (Å²) >= 11 is 5.65. The largest absolute Gasteiger partial charge is 0.392 e. The first kappa shape index (κ1) is 14.9. The predicted octanol–water partition coefficient (Wildman–Crippen LogP) is 2.71. The number of hydrogen-bond acceptors (Lipinski definition) is 2. The van der Waals surface area contributed by atoms with Crippen LogP contribution >= 0.6 is 11.6 Å². The van der Waals surface area contributed by atoms with E-state index in [0.29, 0.717) is 5.56 Å². The topological polar surface area (TPSA) is 40.5 Å². The second-order valence-electron chi connectivity index (χ2n) is 4.53. The van der Waals surface area contributed by atoms with Crippen molar-refractivity contribution in [2.75, 3.05) is 6.54 Å². The molecule has 1 unspecified atom stereocenters. The molecule has 0 aliphatic rings. The van der Waals surface area contributed by atoms with Gasteiger partial charge in [0.05, 0.1) is 11.1 Å². The molecule has 0 radical (unpaired) electrons. The number of halogens is 2. The van der Waals surface area contributed by atoms with Gasteiger partial charge in [0.1, 0.15) is 5.82 Å². The maximum Gasteiger partial charge on any atom is 0.254 e. The van der Waals surface area contributed by atoms with Gasteiger partial charge in [-0.3, -0.25) is 4.79 Å². The van der Waals surface area contributed by atoms with Crippen LogP contribution in [0.3, 0.4) is 0 Å². The third-order valence-electron chi connectivity index (χ3n) is 2.51. The molecule has 1 aromatic carbocycles. The van der Waals surface area contributed by atoms with Crippen molar-refractivity contribution in [2.45, 2.75) is 32.9 Å². The molecule has 0 saturated heterocycles. The van der Waals surface area contributed by atoms with Crippen LogP contribution in [0.4, 0.5) is 4.39 Å². The molecule has 0 aliphatic heterocycles. The van der Waals surface area contributed by atoms with Crippen molar-refractivity contribution in [3.63, 3.8) is 0 Å². The van der Waals surface area contributed by atoms with E-state index >= 15 is 0 Å². The van der Waals surface area contributed by atoms with Crippen molar-refractivity contribution in [3.05, 3.63) is 34.6 Å². The summed E-state index contributed by atoms with van der Waals surface area (Å²) in [6.07, 6.45) is -0.618. The lowest BCUT2D eigenvalue weighted by Gasteiger charge is -2.28. The molecule has 1 amide bonds. The number of hydrogen-bond donors (Lipinski definition) is 1. The Bertz CT molecular complexity index is 435. The lowest BCUT2D eigenvalue weighted by atomic mass is 10.1. The van der Waals surface area contributed by atoms with Crippen molar-refractivity contribution in [2.24, 2.45) is 0 Å². The van der Waals surface area contributed by atoms with E-state index in [0.717, 1.165) is 6.07 Å². The van der Waals surface area contributed by atoms with E-state index in [9.17, 15) is 14.3 Å². The van der Waals surface area contributed by atoms with Crippen molar-refractivity contribution in [3.8, 4) is 0 Å². The number of rotatable bonds is 4. The molecule has 0 fully saturated rings. The highest BCUT2D eigenvalue weighted by Gasteiger charge is 2.20. The van der Waals surface area contributed by atoms with Gasteiger partial charge in [0.15, 0.2) is 0 Å². The SMILES string of the molecule is CC(O)CN(C(=O)c1ccc(F)c(Cl)c1)C(C)C. The maximum atomic E-state index is 13.0. The summed E-state index contributed by atoms with van der Waals surface area (Å²) in [6, 6.07) is 3.80. The number of nitrogens with zero attached hydrogens (tertiary/aromatic N) is 1.